The number of nitrogen functional groups attached to an aromatic ring is 1. The van der Waals surface area contributed by atoms with Gasteiger partial charge in [0.15, 0.2) is 5.82 Å². The van der Waals surface area contributed by atoms with Crippen molar-refractivity contribution in [2.24, 2.45) is 0 Å². The third-order valence-corrected chi connectivity index (χ3v) is 3.28. The molecule has 0 radical (unpaired) electrons. The first-order valence-electron chi connectivity index (χ1n) is 6.73. The molecule has 0 aliphatic rings. The van der Waals surface area contributed by atoms with Crippen LogP contribution in [0.15, 0.2) is 12.1 Å². The second-order valence-electron chi connectivity index (χ2n) is 4.42. The molecule has 5 heteroatoms. The molecule has 0 unspecified atom stereocenters. The van der Waals surface area contributed by atoms with Crippen LogP contribution in [0.25, 0.3) is 0 Å². The van der Waals surface area contributed by atoms with E-state index in [2.05, 4.69) is 23.7 Å². The summed E-state index contributed by atoms with van der Waals surface area (Å²) in [7, 11) is 3.31. The van der Waals surface area contributed by atoms with Gasteiger partial charge in [-0.3, -0.25) is 0 Å². The lowest BCUT2D eigenvalue weighted by Crippen LogP contribution is -2.38. The number of aromatic nitrogens is 1. The molecule has 0 fully saturated rings. The van der Waals surface area contributed by atoms with Gasteiger partial charge in [0, 0.05) is 25.8 Å². The van der Waals surface area contributed by atoms with Crippen molar-refractivity contribution in [2.75, 3.05) is 38.0 Å². The summed E-state index contributed by atoms with van der Waals surface area (Å²) >= 11 is 0. The minimum Gasteiger partial charge on any atom is -0.481 e. The number of rotatable bonds is 8. The number of nitrogens with zero attached hydrogens (tertiary/aromatic N) is 2. The maximum Gasteiger partial charge on any atom is 0.215 e. The SMILES string of the molecule is CCC(CC)N(CCOC)c1nc(OC)ccc1N. The van der Waals surface area contributed by atoms with Gasteiger partial charge in [0.25, 0.3) is 0 Å². The number of methoxy groups -OCH3 is 2. The Balaban J connectivity index is 3.07. The second kappa shape index (κ2) is 7.84. The summed E-state index contributed by atoms with van der Waals surface area (Å²) in [4.78, 5) is 6.69. The van der Waals surface area contributed by atoms with Crippen LogP contribution in [0.4, 0.5) is 11.5 Å². The maximum absolute atomic E-state index is 6.06. The van der Waals surface area contributed by atoms with Crippen molar-refractivity contribution >= 4 is 11.5 Å². The van der Waals surface area contributed by atoms with Gasteiger partial charge in [-0.1, -0.05) is 13.8 Å². The average Bonchev–Trinajstić information content (AvgIpc) is 2.44. The van der Waals surface area contributed by atoms with Crippen LogP contribution in [-0.4, -0.2) is 38.4 Å². The summed E-state index contributed by atoms with van der Waals surface area (Å²) in [5.41, 5.74) is 6.73. The topological polar surface area (TPSA) is 60.6 Å². The summed E-state index contributed by atoms with van der Waals surface area (Å²) in [5, 5.41) is 0. The van der Waals surface area contributed by atoms with Gasteiger partial charge in [0.05, 0.1) is 19.4 Å². The van der Waals surface area contributed by atoms with Crippen molar-refractivity contribution in [1.29, 1.82) is 0 Å². The molecule has 1 rings (SSSR count). The van der Waals surface area contributed by atoms with E-state index in [0.29, 0.717) is 24.2 Å². The van der Waals surface area contributed by atoms with Crippen LogP contribution in [0.2, 0.25) is 0 Å². The van der Waals surface area contributed by atoms with Gasteiger partial charge >= 0.3 is 0 Å². The molecule has 0 spiro atoms. The van der Waals surface area contributed by atoms with Gasteiger partial charge in [-0.25, -0.2) is 0 Å². The number of ether oxygens (including phenoxy) is 2. The number of hydrogen-bond acceptors (Lipinski definition) is 5. The lowest BCUT2D eigenvalue weighted by atomic mass is 10.1. The minimum absolute atomic E-state index is 0.400. The van der Waals surface area contributed by atoms with Crippen LogP contribution in [0, 0.1) is 0 Å². The molecule has 5 nitrogen and oxygen atoms in total. The fourth-order valence-electron chi connectivity index (χ4n) is 2.17. The third-order valence-electron chi connectivity index (χ3n) is 3.28. The lowest BCUT2D eigenvalue weighted by Gasteiger charge is -2.32. The second-order valence-corrected chi connectivity index (χ2v) is 4.42. The normalized spacial score (nSPS) is 10.8. The maximum atomic E-state index is 6.06. The summed E-state index contributed by atoms with van der Waals surface area (Å²) in [6, 6.07) is 4.01. The predicted molar refractivity (Wildman–Crippen MR) is 78.8 cm³/mol. The van der Waals surface area contributed by atoms with Crippen LogP contribution < -0.4 is 15.4 Å². The highest BCUT2D eigenvalue weighted by Crippen LogP contribution is 2.27. The van der Waals surface area contributed by atoms with Crippen LogP contribution in [0.5, 0.6) is 5.88 Å². The Kier molecular flexibility index (Phi) is 6.42. The largest absolute Gasteiger partial charge is 0.481 e. The zero-order valence-electron chi connectivity index (χ0n) is 12.3. The van der Waals surface area contributed by atoms with Gasteiger partial charge in [0.1, 0.15) is 0 Å². The molecule has 108 valence electrons. The Bertz CT molecular complexity index is 381. The van der Waals surface area contributed by atoms with Crippen molar-refractivity contribution in [3.05, 3.63) is 12.1 Å². The van der Waals surface area contributed by atoms with E-state index in [0.717, 1.165) is 25.2 Å². The molecular formula is C14H25N3O2. The van der Waals surface area contributed by atoms with Crippen molar-refractivity contribution in [3.8, 4) is 5.88 Å². The summed E-state index contributed by atoms with van der Waals surface area (Å²) in [5.74, 6) is 1.36. The lowest BCUT2D eigenvalue weighted by molar-refractivity contribution is 0.202. The molecule has 0 amide bonds. The van der Waals surface area contributed by atoms with Crippen LogP contribution in [0.3, 0.4) is 0 Å². The molecule has 1 heterocycles. The Morgan fingerprint density at radius 3 is 2.47 bits per heavy atom. The van der Waals surface area contributed by atoms with Gasteiger partial charge < -0.3 is 20.1 Å². The van der Waals surface area contributed by atoms with Crippen molar-refractivity contribution in [2.45, 2.75) is 32.7 Å². The number of hydrogen-bond donors (Lipinski definition) is 1. The third kappa shape index (κ3) is 3.99. The summed E-state index contributed by atoms with van der Waals surface area (Å²) < 4.78 is 10.4. The molecule has 0 atom stereocenters. The van der Waals surface area contributed by atoms with Gasteiger partial charge in [-0.15, -0.1) is 0 Å². The number of pyridine rings is 1. The van der Waals surface area contributed by atoms with Gasteiger partial charge in [0.2, 0.25) is 5.88 Å². The average molecular weight is 267 g/mol. The van der Waals surface area contributed by atoms with E-state index in [1.54, 1.807) is 20.3 Å². The van der Waals surface area contributed by atoms with E-state index in [1.807, 2.05) is 6.07 Å². The predicted octanol–water partition coefficient (Wildman–Crippen LogP) is 2.31. The Morgan fingerprint density at radius 2 is 1.95 bits per heavy atom. The van der Waals surface area contributed by atoms with Crippen LogP contribution >= 0.6 is 0 Å². The number of anilines is 2. The summed E-state index contributed by atoms with van der Waals surface area (Å²) in [6.07, 6.45) is 2.08. The monoisotopic (exact) mass is 267 g/mol. The molecule has 19 heavy (non-hydrogen) atoms. The highest BCUT2D eigenvalue weighted by molar-refractivity contribution is 5.64. The standard InChI is InChI=1S/C14H25N3O2/c1-5-11(6-2)17(9-10-18-3)14-12(15)7-8-13(16-14)19-4/h7-8,11H,5-6,9-10,15H2,1-4H3. The first-order valence-corrected chi connectivity index (χ1v) is 6.73. The fraction of sp³-hybridized carbons (Fsp3) is 0.643. The van der Waals surface area contributed by atoms with Gasteiger partial charge in [-0.2, -0.15) is 4.98 Å². The van der Waals surface area contributed by atoms with Crippen molar-refractivity contribution < 1.29 is 9.47 Å². The molecule has 0 aliphatic heterocycles. The highest BCUT2D eigenvalue weighted by atomic mass is 16.5. The molecule has 0 aromatic carbocycles. The molecule has 1 aromatic heterocycles. The van der Waals surface area contributed by atoms with Gasteiger partial charge in [-0.05, 0) is 18.9 Å². The Labute approximate surface area is 115 Å². The van der Waals surface area contributed by atoms with Crippen LogP contribution in [-0.2, 0) is 4.74 Å². The zero-order valence-corrected chi connectivity index (χ0v) is 12.3. The van der Waals surface area contributed by atoms with Crippen molar-refractivity contribution in [3.63, 3.8) is 0 Å². The minimum atomic E-state index is 0.400. The zero-order chi connectivity index (χ0) is 14.3. The summed E-state index contributed by atoms with van der Waals surface area (Å²) in [6.45, 7) is 5.76. The van der Waals surface area contributed by atoms with E-state index >= 15 is 0 Å². The Morgan fingerprint density at radius 1 is 1.26 bits per heavy atom. The van der Waals surface area contributed by atoms with Crippen molar-refractivity contribution in [1.82, 2.24) is 4.98 Å². The van der Waals surface area contributed by atoms with E-state index in [4.69, 9.17) is 15.2 Å². The molecule has 2 N–H and O–H groups in total. The van der Waals surface area contributed by atoms with E-state index in [9.17, 15) is 0 Å². The smallest absolute Gasteiger partial charge is 0.215 e. The molecule has 1 aromatic rings. The fourth-order valence-corrected chi connectivity index (χ4v) is 2.17. The quantitative estimate of drug-likeness (QED) is 0.783. The number of nitrogens with two attached hydrogens (primary N) is 1. The highest BCUT2D eigenvalue weighted by Gasteiger charge is 2.19. The van der Waals surface area contributed by atoms with E-state index in [-0.39, 0.29) is 0 Å². The molecule has 0 aliphatic carbocycles. The van der Waals surface area contributed by atoms with Crippen LogP contribution in [0.1, 0.15) is 26.7 Å². The molecule has 0 saturated carbocycles. The molecule has 0 bridgehead atoms. The van der Waals surface area contributed by atoms with E-state index < -0.39 is 0 Å². The molecular weight excluding hydrogens is 242 g/mol. The molecule has 0 saturated heterocycles. The Hall–Kier alpha value is -1.49. The van der Waals surface area contributed by atoms with E-state index in [1.165, 1.54) is 0 Å². The first-order chi connectivity index (χ1) is 9.17. The first kappa shape index (κ1) is 15.6.